The molecule has 0 bridgehead atoms. The highest BCUT2D eigenvalue weighted by atomic mass is 16.4. The highest BCUT2D eigenvalue weighted by Gasteiger charge is 2.06. The van der Waals surface area contributed by atoms with Gasteiger partial charge < -0.3 is 10.4 Å². The van der Waals surface area contributed by atoms with Crippen molar-refractivity contribution in [3.05, 3.63) is 58.8 Å². The van der Waals surface area contributed by atoms with E-state index < -0.39 is 5.97 Å². The Kier molecular flexibility index (Phi) is 3.80. The number of pyridine rings is 1. The smallest absolute Gasteiger partial charge is 0.335 e. The minimum absolute atomic E-state index is 0.249. The number of carbonyl (C=O) groups is 1. The van der Waals surface area contributed by atoms with Crippen molar-refractivity contribution in [2.24, 2.45) is 0 Å². The van der Waals surface area contributed by atoms with Gasteiger partial charge in [-0.2, -0.15) is 0 Å². The van der Waals surface area contributed by atoms with E-state index in [4.69, 9.17) is 5.11 Å². The van der Waals surface area contributed by atoms with Crippen molar-refractivity contribution in [2.45, 2.75) is 20.4 Å². The number of benzene rings is 1. The zero-order valence-electron chi connectivity index (χ0n) is 11.0. The summed E-state index contributed by atoms with van der Waals surface area (Å²) in [7, 11) is 0. The van der Waals surface area contributed by atoms with Crippen molar-refractivity contribution < 1.29 is 9.90 Å². The highest BCUT2D eigenvalue weighted by Crippen LogP contribution is 2.12. The van der Waals surface area contributed by atoms with E-state index >= 15 is 0 Å². The van der Waals surface area contributed by atoms with Gasteiger partial charge in [-0.25, -0.2) is 9.78 Å². The molecule has 0 unspecified atom stereocenters. The van der Waals surface area contributed by atoms with Crippen molar-refractivity contribution in [1.82, 2.24) is 4.98 Å². The molecule has 0 aliphatic carbocycles. The number of nitrogens with one attached hydrogen (secondary N) is 1. The van der Waals surface area contributed by atoms with Crippen LogP contribution < -0.4 is 5.32 Å². The average molecular weight is 256 g/mol. The Hall–Kier alpha value is -2.36. The summed E-state index contributed by atoms with van der Waals surface area (Å²) in [6.45, 7) is 4.44. The standard InChI is InChI=1S/C15H16N2O2/c1-10-3-5-12(6-4-10)9-16-14-8-13(15(18)19)7-11(2)17-14/h3-8H,9H2,1-2H3,(H,16,17)(H,18,19). The van der Waals surface area contributed by atoms with Gasteiger partial charge in [-0.15, -0.1) is 0 Å². The van der Waals surface area contributed by atoms with Crippen LogP contribution in [0.5, 0.6) is 0 Å². The number of aromatic nitrogens is 1. The van der Waals surface area contributed by atoms with Crippen LogP contribution in [0.15, 0.2) is 36.4 Å². The zero-order chi connectivity index (χ0) is 13.8. The first kappa shape index (κ1) is 13.1. The molecule has 0 aliphatic heterocycles. The Morgan fingerprint density at radius 2 is 1.89 bits per heavy atom. The molecule has 0 atom stereocenters. The summed E-state index contributed by atoms with van der Waals surface area (Å²) in [5.41, 5.74) is 3.28. The number of nitrogens with zero attached hydrogens (tertiary/aromatic N) is 1. The van der Waals surface area contributed by atoms with E-state index in [1.165, 1.54) is 5.56 Å². The van der Waals surface area contributed by atoms with Crippen LogP contribution in [0.1, 0.15) is 27.2 Å². The number of aromatic carboxylic acids is 1. The van der Waals surface area contributed by atoms with E-state index in [0.29, 0.717) is 18.1 Å². The summed E-state index contributed by atoms with van der Waals surface area (Å²) in [6, 6.07) is 11.3. The second-order valence-electron chi connectivity index (χ2n) is 4.53. The Bertz CT molecular complexity index is 592. The molecular weight excluding hydrogens is 240 g/mol. The molecule has 0 aliphatic rings. The molecule has 0 radical (unpaired) electrons. The van der Waals surface area contributed by atoms with Crippen LogP contribution in [0.4, 0.5) is 5.82 Å². The lowest BCUT2D eigenvalue weighted by Gasteiger charge is -2.08. The maximum Gasteiger partial charge on any atom is 0.335 e. The van der Waals surface area contributed by atoms with E-state index in [2.05, 4.69) is 10.3 Å². The molecule has 0 saturated heterocycles. The van der Waals surface area contributed by atoms with E-state index in [9.17, 15) is 4.79 Å². The van der Waals surface area contributed by atoms with Crippen LogP contribution >= 0.6 is 0 Å². The fourth-order valence-electron chi connectivity index (χ4n) is 1.78. The molecule has 1 aromatic heterocycles. The van der Waals surface area contributed by atoms with Gasteiger partial charge in [0.05, 0.1) is 5.56 Å². The fourth-order valence-corrected chi connectivity index (χ4v) is 1.78. The molecule has 1 aromatic carbocycles. The predicted octanol–water partition coefficient (Wildman–Crippen LogP) is 3.01. The average Bonchev–Trinajstić information content (AvgIpc) is 2.37. The Labute approximate surface area is 112 Å². The molecule has 1 heterocycles. The van der Waals surface area contributed by atoms with Crippen LogP contribution in [0.25, 0.3) is 0 Å². The number of aryl methyl sites for hydroxylation is 2. The number of anilines is 1. The minimum atomic E-state index is -0.941. The van der Waals surface area contributed by atoms with Crippen LogP contribution in [0.2, 0.25) is 0 Å². The molecule has 2 N–H and O–H groups in total. The normalized spacial score (nSPS) is 10.2. The molecule has 4 heteroatoms. The number of carboxylic acids is 1. The quantitative estimate of drug-likeness (QED) is 0.882. The molecule has 0 saturated carbocycles. The number of rotatable bonds is 4. The number of carboxylic acid groups (broad SMARTS) is 1. The summed E-state index contributed by atoms with van der Waals surface area (Å²) >= 11 is 0. The minimum Gasteiger partial charge on any atom is -0.478 e. The molecule has 0 amide bonds. The molecule has 0 fully saturated rings. The Morgan fingerprint density at radius 1 is 1.21 bits per heavy atom. The molecule has 4 nitrogen and oxygen atoms in total. The lowest BCUT2D eigenvalue weighted by atomic mass is 10.1. The summed E-state index contributed by atoms with van der Waals surface area (Å²) in [6.07, 6.45) is 0. The first-order valence-corrected chi connectivity index (χ1v) is 6.06. The molecule has 98 valence electrons. The van der Waals surface area contributed by atoms with Crippen molar-refractivity contribution >= 4 is 11.8 Å². The van der Waals surface area contributed by atoms with Crippen molar-refractivity contribution in [3.63, 3.8) is 0 Å². The molecule has 2 aromatic rings. The van der Waals surface area contributed by atoms with Crippen LogP contribution in [0, 0.1) is 13.8 Å². The van der Waals surface area contributed by atoms with Gasteiger partial charge >= 0.3 is 5.97 Å². The van der Waals surface area contributed by atoms with Gasteiger partial charge in [-0.05, 0) is 31.5 Å². The first-order valence-electron chi connectivity index (χ1n) is 6.06. The first-order chi connectivity index (χ1) is 9.04. The SMILES string of the molecule is Cc1ccc(CNc2cc(C(=O)O)cc(C)n2)cc1. The maximum atomic E-state index is 11.0. The molecular formula is C15H16N2O2. The van der Waals surface area contributed by atoms with Gasteiger partial charge in [0.1, 0.15) is 5.82 Å². The van der Waals surface area contributed by atoms with Gasteiger partial charge in [0.25, 0.3) is 0 Å². The van der Waals surface area contributed by atoms with Gasteiger partial charge in [0.2, 0.25) is 0 Å². The topological polar surface area (TPSA) is 62.2 Å². The van der Waals surface area contributed by atoms with Crippen LogP contribution in [0.3, 0.4) is 0 Å². The second kappa shape index (κ2) is 5.52. The van der Waals surface area contributed by atoms with E-state index in [1.54, 1.807) is 19.1 Å². The Balaban J connectivity index is 2.11. The van der Waals surface area contributed by atoms with Gasteiger partial charge in [0, 0.05) is 12.2 Å². The van der Waals surface area contributed by atoms with Gasteiger partial charge in [-0.1, -0.05) is 29.8 Å². The van der Waals surface area contributed by atoms with Crippen LogP contribution in [-0.4, -0.2) is 16.1 Å². The van der Waals surface area contributed by atoms with Crippen molar-refractivity contribution in [3.8, 4) is 0 Å². The molecule has 2 rings (SSSR count). The fraction of sp³-hybridized carbons (Fsp3) is 0.200. The summed E-state index contributed by atoms with van der Waals surface area (Å²) in [4.78, 5) is 15.2. The lowest BCUT2D eigenvalue weighted by molar-refractivity contribution is 0.0696. The van der Waals surface area contributed by atoms with E-state index in [1.807, 2.05) is 31.2 Å². The van der Waals surface area contributed by atoms with E-state index in [0.717, 1.165) is 5.56 Å². The summed E-state index contributed by atoms with van der Waals surface area (Å²) in [5, 5.41) is 12.1. The third-order valence-corrected chi connectivity index (χ3v) is 2.79. The van der Waals surface area contributed by atoms with Crippen molar-refractivity contribution in [1.29, 1.82) is 0 Å². The van der Waals surface area contributed by atoms with E-state index in [-0.39, 0.29) is 5.56 Å². The highest BCUT2D eigenvalue weighted by molar-refractivity contribution is 5.88. The van der Waals surface area contributed by atoms with Gasteiger partial charge in [0.15, 0.2) is 0 Å². The van der Waals surface area contributed by atoms with Crippen molar-refractivity contribution in [2.75, 3.05) is 5.32 Å². The monoisotopic (exact) mass is 256 g/mol. The zero-order valence-corrected chi connectivity index (χ0v) is 11.0. The molecule has 0 spiro atoms. The van der Waals surface area contributed by atoms with Gasteiger partial charge in [-0.3, -0.25) is 0 Å². The number of hydrogen-bond acceptors (Lipinski definition) is 3. The molecule has 19 heavy (non-hydrogen) atoms. The number of hydrogen-bond donors (Lipinski definition) is 2. The Morgan fingerprint density at radius 3 is 2.53 bits per heavy atom. The largest absolute Gasteiger partial charge is 0.478 e. The maximum absolute atomic E-state index is 11.0. The third kappa shape index (κ3) is 3.55. The summed E-state index contributed by atoms with van der Waals surface area (Å²) in [5.74, 6) is -0.359. The third-order valence-electron chi connectivity index (χ3n) is 2.79. The van der Waals surface area contributed by atoms with Crippen LogP contribution in [-0.2, 0) is 6.54 Å². The summed E-state index contributed by atoms with van der Waals surface area (Å²) < 4.78 is 0. The predicted molar refractivity (Wildman–Crippen MR) is 74.4 cm³/mol. The second-order valence-corrected chi connectivity index (χ2v) is 4.53. The lowest BCUT2D eigenvalue weighted by Crippen LogP contribution is -2.05.